The number of benzene rings is 2. The van der Waals surface area contributed by atoms with Crippen molar-refractivity contribution in [2.75, 3.05) is 6.61 Å². The molecule has 0 atom stereocenters. The third-order valence-electron chi connectivity index (χ3n) is 3.42. The second kappa shape index (κ2) is 8.15. The van der Waals surface area contributed by atoms with Crippen LogP contribution in [0.2, 0.25) is 0 Å². The summed E-state index contributed by atoms with van der Waals surface area (Å²) in [7, 11) is 0. The Morgan fingerprint density at radius 2 is 1.75 bits per heavy atom. The van der Waals surface area contributed by atoms with Gasteiger partial charge in [0.2, 0.25) is 0 Å². The summed E-state index contributed by atoms with van der Waals surface area (Å²) in [5, 5.41) is 13.5. The number of phenolic OH excluding ortho intramolecular Hbond substituents is 1. The highest BCUT2D eigenvalue weighted by atomic mass is 16.5. The molecular formula is C19H22N2O3. The summed E-state index contributed by atoms with van der Waals surface area (Å²) in [6, 6.07) is 12.5. The third kappa shape index (κ3) is 5.12. The Labute approximate surface area is 142 Å². The number of carbonyl (C=O) groups excluding carboxylic acids is 1. The number of hydrogen-bond acceptors (Lipinski definition) is 4. The van der Waals surface area contributed by atoms with Gasteiger partial charge in [0.1, 0.15) is 11.5 Å². The summed E-state index contributed by atoms with van der Waals surface area (Å²) in [6.45, 7) is 5.81. The first-order valence-electron chi connectivity index (χ1n) is 7.84. The summed E-state index contributed by atoms with van der Waals surface area (Å²) in [5.41, 5.74) is 6.27. The molecular weight excluding hydrogens is 304 g/mol. The number of nitrogens with one attached hydrogen (secondary N) is 1. The summed E-state index contributed by atoms with van der Waals surface area (Å²) in [4.78, 5) is 11.9. The Balaban J connectivity index is 1.94. The largest absolute Gasteiger partial charge is 0.508 e. The van der Waals surface area contributed by atoms with Crippen LogP contribution >= 0.6 is 0 Å². The number of hydrazone groups is 1. The number of aryl methyl sites for hydroxylation is 2. The minimum atomic E-state index is -0.320. The van der Waals surface area contributed by atoms with Crippen molar-refractivity contribution in [3.63, 3.8) is 0 Å². The van der Waals surface area contributed by atoms with E-state index in [9.17, 15) is 9.90 Å². The van der Waals surface area contributed by atoms with E-state index in [0.717, 1.165) is 22.4 Å². The van der Waals surface area contributed by atoms with E-state index in [2.05, 4.69) is 10.5 Å². The van der Waals surface area contributed by atoms with Crippen LogP contribution in [0.5, 0.6) is 11.5 Å². The smallest absolute Gasteiger partial charge is 0.277 e. The van der Waals surface area contributed by atoms with Gasteiger partial charge in [-0.2, -0.15) is 5.10 Å². The molecule has 24 heavy (non-hydrogen) atoms. The van der Waals surface area contributed by atoms with Crippen LogP contribution in [-0.4, -0.2) is 23.3 Å². The normalized spacial score (nSPS) is 11.2. The SMILES string of the molecule is CCC(=NNC(=O)COc1cc(C)cc(C)c1)c1ccc(O)cc1. The topological polar surface area (TPSA) is 70.9 Å². The molecule has 0 bridgehead atoms. The molecule has 2 rings (SSSR count). The maximum Gasteiger partial charge on any atom is 0.277 e. The van der Waals surface area contributed by atoms with Crippen LogP contribution < -0.4 is 10.2 Å². The highest BCUT2D eigenvalue weighted by Crippen LogP contribution is 2.16. The lowest BCUT2D eigenvalue weighted by molar-refractivity contribution is -0.123. The summed E-state index contributed by atoms with van der Waals surface area (Å²) >= 11 is 0. The molecule has 2 N–H and O–H groups in total. The minimum Gasteiger partial charge on any atom is -0.508 e. The predicted octanol–water partition coefficient (Wildman–Crippen LogP) is 3.32. The van der Waals surface area contributed by atoms with Gasteiger partial charge in [0, 0.05) is 0 Å². The fourth-order valence-electron chi connectivity index (χ4n) is 2.33. The molecule has 0 heterocycles. The molecule has 1 amide bonds. The Hall–Kier alpha value is -2.82. The Kier molecular flexibility index (Phi) is 5.95. The van der Waals surface area contributed by atoms with Gasteiger partial charge >= 0.3 is 0 Å². The number of hydrogen-bond donors (Lipinski definition) is 2. The standard InChI is InChI=1S/C19H22N2O3/c1-4-18(15-5-7-16(22)8-6-15)20-21-19(23)12-24-17-10-13(2)9-14(3)11-17/h5-11,22H,4,12H2,1-3H3,(H,21,23). The highest BCUT2D eigenvalue weighted by molar-refractivity contribution is 6.01. The summed E-state index contributed by atoms with van der Waals surface area (Å²) < 4.78 is 5.50. The van der Waals surface area contributed by atoms with Crippen molar-refractivity contribution in [2.24, 2.45) is 5.10 Å². The van der Waals surface area contributed by atoms with Crippen molar-refractivity contribution in [2.45, 2.75) is 27.2 Å². The van der Waals surface area contributed by atoms with Crippen LogP contribution in [0.3, 0.4) is 0 Å². The van der Waals surface area contributed by atoms with Crippen molar-refractivity contribution in [3.8, 4) is 11.5 Å². The molecule has 5 heteroatoms. The van der Waals surface area contributed by atoms with Gasteiger partial charge in [-0.1, -0.05) is 13.0 Å². The van der Waals surface area contributed by atoms with Crippen molar-refractivity contribution >= 4 is 11.6 Å². The molecule has 0 unspecified atom stereocenters. The predicted molar refractivity (Wildman–Crippen MR) is 94.5 cm³/mol. The Morgan fingerprint density at radius 1 is 1.12 bits per heavy atom. The molecule has 0 saturated heterocycles. The first-order valence-corrected chi connectivity index (χ1v) is 7.84. The van der Waals surface area contributed by atoms with Crippen molar-refractivity contribution in [1.29, 1.82) is 0 Å². The number of nitrogens with zero attached hydrogens (tertiary/aromatic N) is 1. The van der Waals surface area contributed by atoms with E-state index in [1.807, 2.05) is 39.0 Å². The zero-order valence-corrected chi connectivity index (χ0v) is 14.2. The van der Waals surface area contributed by atoms with Crippen LogP contribution in [0.15, 0.2) is 47.6 Å². The number of rotatable bonds is 6. The van der Waals surface area contributed by atoms with Crippen molar-refractivity contribution in [3.05, 3.63) is 59.2 Å². The average molecular weight is 326 g/mol. The molecule has 2 aromatic carbocycles. The molecule has 5 nitrogen and oxygen atoms in total. The lowest BCUT2D eigenvalue weighted by atomic mass is 10.1. The van der Waals surface area contributed by atoms with Crippen LogP contribution in [-0.2, 0) is 4.79 Å². The second-order valence-electron chi connectivity index (χ2n) is 5.61. The number of phenols is 1. The first-order chi connectivity index (χ1) is 11.5. The van der Waals surface area contributed by atoms with Gasteiger partial charge in [-0.15, -0.1) is 0 Å². The molecule has 0 aliphatic heterocycles. The zero-order chi connectivity index (χ0) is 17.5. The molecule has 0 aliphatic rings. The van der Waals surface area contributed by atoms with Gasteiger partial charge in [0.05, 0.1) is 5.71 Å². The van der Waals surface area contributed by atoms with E-state index in [1.165, 1.54) is 0 Å². The molecule has 0 radical (unpaired) electrons. The molecule has 0 fully saturated rings. The lowest BCUT2D eigenvalue weighted by Crippen LogP contribution is -2.26. The number of ether oxygens (including phenoxy) is 1. The summed E-state index contributed by atoms with van der Waals surface area (Å²) in [6.07, 6.45) is 0.656. The van der Waals surface area contributed by atoms with Crippen molar-refractivity contribution in [1.82, 2.24) is 5.43 Å². The quantitative estimate of drug-likeness (QED) is 0.632. The number of amides is 1. The van der Waals surface area contributed by atoms with Gasteiger partial charge in [0.25, 0.3) is 5.91 Å². The molecule has 2 aromatic rings. The molecule has 0 aliphatic carbocycles. The second-order valence-corrected chi connectivity index (χ2v) is 5.61. The van der Waals surface area contributed by atoms with Gasteiger partial charge in [-0.05, 0) is 73.4 Å². The van der Waals surface area contributed by atoms with E-state index in [-0.39, 0.29) is 18.3 Å². The monoisotopic (exact) mass is 326 g/mol. The van der Waals surface area contributed by atoms with Gasteiger partial charge < -0.3 is 9.84 Å². The maximum atomic E-state index is 11.9. The van der Waals surface area contributed by atoms with E-state index < -0.39 is 0 Å². The Bertz CT molecular complexity index is 717. The fraction of sp³-hybridized carbons (Fsp3) is 0.263. The van der Waals surface area contributed by atoms with E-state index in [1.54, 1.807) is 24.3 Å². The zero-order valence-electron chi connectivity index (χ0n) is 14.2. The third-order valence-corrected chi connectivity index (χ3v) is 3.42. The minimum absolute atomic E-state index is 0.0982. The fourth-order valence-corrected chi connectivity index (χ4v) is 2.33. The van der Waals surface area contributed by atoms with Crippen LogP contribution in [0.4, 0.5) is 0 Å². The molecule has 0 aromatic heterocycles. The average Bonchev–Trinajstić information content (AvgIpc) is 2.54. The number of carbonyl (C=O) groups is 1. The van der Waals surface area contributed by atoms with Crippen LogP contribution in [0.1, 0.15) is 30.0 Å². The van der Waals surface area contributed by atoms with Gasteiger partial charge in [0.15, 0.2) is 6.61 Å². The van der Waals surface area contributed by atoms with Crippen LogP contribution in [0.25, 0.3) is 0 Å². The van der Waals surface area contributed by atoms with Crippen molar-refractivity contribution < 1.29 is 14.6 Å². The summed E-state index contributed by atoms with van der Waals surface area (Å²) in [5.74, 6) is 0.542. The molecule has 0 spiro atoms. The molecule has 126 valence electrons. The molecule has 0 saturated carbocycles. The Morgan fingerprint density at radius 3 is 2.33 bits per heavy atom. The van der Waals surface area contributed by atoms with E-state index in [0.29, 0.717) is 12.2 Å². The van der Waals surface area contributed by atoms with E-state index >= 15 is 0 Å². The number of aromatic hydroxyl groups is 1. The maximum absolute atomic E-state index is 11.9. The van der Waals surface area contributed by atoms with Crippen LogP contribution in [0, 0.1) is 13.8 Å². The lowest BCUT2D eigenvalue weighted by Gasteiger charge is -2.08. The van der Waals surface area contributed by atoms with Gasteiger partial charge in [-0.25, -0.2) is 5.43 Å². The highest BCUT2D eigenvalue weighted by Gasteiger charge is 2.05. The van der Waals surface area contributed by atoms with E-state index in [4.69, 9.17) is 4.74 Å². The first kappa shape index (κ1) is 17.5. The van der Waals surface area contributed by atoms with Gasteiger partial charge in [-0.3, -0.25) is 4.79 Å².